The maximum absolute atomic E-state index is 13.1. The molecule has 2 unspecified atom stereocenters. The summed E-state index contributed by atoms with van der Waals surface area (Å²) in [6.07, 6.45) is 4.17. The lowest BCUT2D eigenvalue weighted by molar-refractivity contribution is 0.447. The fourth-order valence-electron chi connectivity index (χ4n) is 3.80. The molecule has 1 aromatic carbocycles. The number of aliphatic imine (C=N–C) groups is 1. The van der Waals surface area contributed by atoms with E-state index in [0.717, 1.165) is 0 Å². The molecule has 0 N–H and O–H groups in total. The third-order valence-corrected chi connectivity index (χ3v) is 9.18. The first-order valence-corrected chi connectivity index (χ1v) is 12.4. The second-order valence-corrected chi connectivity index (χ2v) is 11.2. The highest BCUT2D eigenvalue weighted by Gasteiger charge is 2.40. The Morgan fingerprint density at radius 2 is 1.89 bits per heavy atom. The van der Waals surface area contributed by atoms with Crippen LogP contribution < -0.4 is 0 Å². The molecule has 1 saturated heterocycles. The van der Waals surface area contributed by atoms with Crippen LogP contribution in [0.3, 0.4) is 0 Å². The van der Waals surface area contributed by atoms with Gasteiger partial charge in [-0.1, -0.05) is 25.1 Å². The quantitative estimate of drug-likeness (QED) is 0.709. The molecule has 0 aliphatic carbocycles. The van der Waals surface area contributed by atoms with E-state index in [-0.39, 0.29) is 16.7 Å². The summed E-state index contributed by atoms with van der Waals surface area (Å²) >= 11 is 0. The summed E-state index contributed by atoms with van der Waals surface area (Å²) in [6.45, 7) is 2.59. The summed E-state index contributed by atoms with van der Waals surface area (Å²) in [5, 5.41) is -0.923. The van der Waals surface area contributed by atoms with Crippen molar-refractivity contribution in [2.45, 2.75) is 36.0 Å². The van der Waals surface area contributed by atoms with E-state index >= 15 is 0 Å². The van der Waals surface area contributed by atoms with E-state index in [4.69, 9.17) is 0 Å². The van der Waals surface area contributed by atoms with Gasteiger partial charge in [0.1, 0.15) is 5.25 Å². The van der Waals surface area contributed by atoms with Crippen molar-refractivity contribution in [1.82, 2.24) is 13.9 Å². The summed E-state index contributed by atoms with van der Waals surface area (Å²) in [5.41, 5.74) is 0.517. The van der Waals surface area contributed by atoms with Gasteiger partial charge >= 0.3 is 0 Å². The second-order valence-electron chi connectivity index (χ2n) is 7.03. The lowest BCUT2D eigenvalue weighted by Crippen LogP contribution is -2.31. The van der Waals surface area contributed by atoms with E-state index < -0.39 is 25.1 Å². The van der Waals surface area contributed by atoms with Crippen LogP contribution in [-0.4, -0.2) is 55.7 Å². The average Bonchev–Trinajstić information content (AvgIpc) is 3.38. The first kappa shape index (κ1) is 19.3. The van der Waals surface area contributed by atoms with Crippen LogP contribution >= 0.6 is 0 Å². The molecular weight excluding hydrogens is 400 g/mol. The van der Waals surface area contributed by atoms with E-state index in [2.05, 4.69) is 9.98 Å². The molecule has 3 heterocycles. The highest BCUT2D eigenvalue weighted by atomic mass is 32.2. The number of rotatable bonds is 6. The predicted molar refractivity (Wildman–Crippen MR) is 106 cm³/mol. The van der Waals surface area contributed by atoms with Crippen LogP contribution in [0.15, 0.2) is 46.5 Å². The van der Waals surface area contributed by atoms with Gasteiger partial charge in [0, 0.05) is 19.3 Å². The first-order valence-electron chi connectivity index (χ1n) is 9.22. The Balaban J connectivity index is 1.65. The van der Waals surface area contributed by atoms with Gasteiger partial charge < -0.3 is 4.57 Å². The molecule has 150 valence electrons. The molecule has 8 nitrogen and oxygen atoms in total. The summed E-state index contributed by atoms with van der Waals surface area (Å²) in [7, 11) is -6.95. The number of benzene rings is 1. The first-order chi connectivity index (χ1) is 13.3. The molecule has 0 spiro atoms. The van der Waals surface area contributed by atoms with Gasteiger partial charge in [-0.05, 0) is 25.0 Å². The minimum atomic E-state index is -3.67. The largest absolute Gasteiger partial charge is 0.327 e. The number of hydrogen-bond donors (Lipinski definition) is 0. The Labute approximate surface area is 164 Å². The van der Waals surface area contributed by atoms with Gasteiger partial charge in [0.2, 0.25) is 10.0 Å². The van der Waals surface area contributed by atoms with Crippen LogP contribution in [0.25, 0.3) is 0 Å². The van der Waals surface area contributed by atoms with Crippen molar-refractivity contribution in [1.29, 1.82) is 0 Å². The summed E-state index contributed by atoms with van der Waals surface area (Å²) in [5.74, 6) is 0.509. The molecule has 0 radical (unpaired) electrons. The SMILES string of the molecule is CCCS(=O)(=O)N1CCC(n2cnc3c2C(S(=O)(=O)c2ccccc2)C=N3)C1. The molecule has 10 heteroatoms. The lowest BCUT2D eigenvalue weighted by Gasteiger charge is -2.19. The van der Waals surface area contributed by atoms with Gasteiger partial charge in [0.05, 0.1) is 28.7 Å². The van der Waals surface area contributed by atoms with Gasteiger partial charge in [-0.15, -0.1) is 0 Å². The Morgan fingerprint density at radius 3 is 2.61 bits per heavy atom. The zero-order valence-corrected chi connectivity index (χ0v) is 17.1. The summed E-state index contributed by atoms with van der Waals surface area (Å²) in [6, 6.07) is 8.11. The minimum absolute atomic E-state index is 0.121. The predicted octanol–water partition coefficient (Wildman–Crippen LogP) is 2.10. The number of sulfone groups is 1. The molecule has 0 amide bonds. The van der Waals surface area contributed by atoms with Crippen LogP contribution in [0.5, 0.6) is 0 Å². The normalized spacial score (nSPS) is 22.6. The molecule has 2 atom stereocenters. The van der Waals surface area contributed by atoms with E-state index in [9.17, 15) is 16.8 Å². The van der Waals surface area contributed by atoms with Crippen LogP contribution in [0.1, 0.15) is 36.8 Å². The van der Waals surface area contributed by atoms with E-state index in [1.165, 1.54) is 10.5 Å². The molecule has 2 aliphatic rings. The van der Waals surface area contributed by atoms with Crippen molar-refractivity contribution in [3.05, 3.63) is 42.4 Å². The molecule has 0 bridgehead atoms. The van der Waals surface area contributed by atoms with Crippen LogP contribution in [0.4, 0.5) is 5.82 Å². The van der Waals surface area contributed by atoms with E-state index in [0.29, 0.717) is 37.4 Å². The summed E-state index contributed by atoms with van der Waals surface area (Å²) < 4.78 is 54.3. The van der Waals surface area contributed by atoms with Gasteiger partial charge in [0.15, 0.2) is 15.7 Å². The van der Waals surface area contributed by atoms with Gasteiger partial charge in [-0.3, -0.25) is 0 Å². The highest BCUT2D eigenvalue weighted by Crippen LogP contribution is 2.40. The molecule has 0 saturated carbocycles. The molecule has 2 aliphatic heterocycles. The Kier molecular flexibility index (Phi) is 4.88. The maximum atomic E-state index is 13.1. The number of sulfonamides is 1. The monoisotopic (exact) mass is 422 g/mol. The number of nitrogens with zero attached hydrogens (tertiary/aromatic N) is 4. The fourth-order valence-corrected chi connectivity index (χ4v) is 6.92. The lowest BCUT2D eigenvalue weighted by atomic mass is 10.2. The molecule has 1 fully saturated rings. The van der Waals surface area contributed by atoms with Crippen molar-refractivity contribution >= 4 is 31.9 Å². The number of hydrogen-bond acceptors (Lipinski definition) is 6. The van der Waals surface area contributed by atoms with Crippen molar-refractivity contribution in [3.8, 4) is 0 Å². The Hall–Kier alpha value is -2.04. The van der Waals surface area contributed by atoms with Gasteiger partial charge in [-0.2, -0.15) is 4.31 Å². The Morgan fingerprint density at radius 1 is 1.14 bits per heavy atom. The van der Waals surface area contributed by atoms with Crippen molar-refractivity contribution in [3.63, 3.8) is 0 Å². The minimum Gasteiger partial charge on any atom is -0.327 e. The Bertz CT molecular complexity index is 1110. The molecule has 2 aromatic rings. The zero-order valence-electron chi connectivity index (χ0n) is 15.5. The average molecular weight is 423 g/mol. The molecule has 28 heavy (non-hydrogen) atoms. The fraction of sp³-hybridized carbons (Fsp3) is 0.444. The molecule has 4 rings (SSSR count). The van der Waals surface area contributed by atoms with Gasteiger partial charge in [0.25, 0.3) is 0 Å². The highest BCUT2D eigenvalue weighted by molar-refractivity contribution is 7.92. The number of aromatic nitrogens is 2. The molecular formula is C18H22N4O4S2. The van der Waals surface area contributed by atoms with E-state index in [1.54, 1.807) is 41.2 Å². The third-order valence-electron chi connectivity index (χ3n) is 5.19. The number of imidazole rings is 1. The van der Waals surface area contributed by atoms with Crippen LogP contribution in [0, 0.1) is 0 Å². The van der Waals surface area contributed by atoms with E-state index in [1.807, 2.05) is 6.92 Å². The molecule has 1 aromatic heterocycles. The van der Waals surface area contributed by atoms with Crippen LogP contribution in [0.2, 0.25) is 0 Å². The van der Waals surface area contributed by atoms with Gasteiger partial charge in [-0.25, -0.2) is 26.8 Å². The third kappa shape index (κ3) is 3.19. The zero-order chi connectivity index (χ0) is 19.9. The van der Waals surface area contributed by atoms with Crippen LogP contribution in [-0.2, 0) is 19.9 Å². The second kappa shape index (κ2) is 7.09. The maximum Gasteiger partial charge on any atom is 0.214 e. The smallest absolute Gasteiger partial charge is 0.214 e. The van der Waals surface area contributed by atoms with Crippen molar-refractivity contribution < 1.29 is 16.8 Å². The summed E-state index contributed by atoms with van der Waals surface area (Å²) in [4.78, 5) is 8.68. The standard InChI is InChI=1S/C18H22N4O4S2/c1-2-10-27(23,24)21-9-8-14(12-21)22-13-20-18-17(22)16(11-19-18)28(25,26)15-6-4-3-5-7-15/h3-7,11,13-14,16H,2,8-10,12H2,1H3. The van der Waals surface area contributed by atoms with Crippen molar-refractivity contribution in [2.75, 3.05) is 18.8 Å². The topological polar surface area (TPSA) is 102 Å². The number of fused-ring (bicyclic) bond motifs is 1. The van der Waals surface area contributed by atoms with Crippen molar-refractivity contribution in [2.24, 2.45) is 4.99 Å².